The summed E-state index contributed by atoms with van der Waals surface area (Å²) in [6.07, 6.45) is 0. The van der Waals surface area contributed by atoms with E-state index in [2.05, 4.69) is 10.6 Å². The molecule has 22 heavy (non-hydrogen) atoms. The molecule has 0 aliphatic carbocycles. The van der Waals surface area contributed by atoms with Crippen LogP contribution in [-0.4, -0.2) is 6.03 Å². The fraction of sp³-hybridized carbons (Fsp3) is 0. The molecule has 0 aromatic heterocycles. The van der Waals surface area contributed by atoms with Gasteiger partial charge in [0.05, 0.1) is 21.4 Å². The van der Waals surface area contributed by atoms with Crippen molar-refractivity contribution >= 4 is 51.4 Å². The minimum absolute atomic E-state index is 0.389. The summed E-state index contributed by atoms with van der Waals surface area (Å²) in [4.78, 5) is 12.2. The molecule has 2 amide bonds. The van der Waals surface area contributed by atoms with Crippen molar-refractivity contribution in [2.45, 2.75) is 0 Å². The first kappa shape index (κ1) is 14.7. The first-order valence-electron chi connectivity index (χ1n) is 6.65. The lowest BCUT2D eigenvalue weighted by Crippen LogP contribution is -2.20. The van der Waals surface area contributed by atoms with Crippen molar-refractivity contribution in [3.63, 3.8) is 0 Å². The van der Waals surface area contributed by atoms with Crippen LogP contribution in [0.15, 0.2) is 60.7 Å². The molecule has 0 atom stereocenters. The molecule has 3 aromatic rings. The molecule has 0 saturated heterocycles. The first-order chi connectivity index (χ1) is 10.6. The van der Waals surface area contributed by atoms with Gasteiger partial charge in [0.1, 0.15) is 0 Å². The van der Waals surface area contributed by atoms with Gasteiger partial charge < -0.3 is 10.6 Å². The van der Waals surface area contributed by atoms with Crippen LogP contribution in [0, 0.1) is 0 Å². The monoisotopic (exact) mass is 330 g/mol. The SMILES string of the molecule is O=C(Nc1c(Cl)cccc1Cl)Nc1cccc2ccccc12. The molecule has 0 aliphatic rings. The molecule has 0 unspecified atom stereocenters. The number of hydrogen-bond acceptors (Lipinski definition) is 1. The Kier molecular flexibility index (Phi) is 4.18. The third-order valence-electron chi connectivity index (χ3n) is 3.24. The van der Waals surface area contributed by atoms with E-state index in [1.165, 1.54) is 0 Å². The van der Waals surface area contributed by atoms with Crippen LogP contribution in [0.25, 0.3) is 10.8 Å². The number of amides is 2. The van der Waals surface area contributed by atoms with Crippen LogP contribution >= 0.6 is 23.2 Å². The van der Waals surface area contributed by atoms with Gasteiger partial charge in [0.25, 0.3) is 0 Å². The fourth-order valence-electron chi connectivity index (χ4n) is 2.22. The molecule has 0 aliphatic heterocycles. The largest absolute Gasteiger partial charge is 0.323 e. The number of halogens is 2. The van der Waals surface area contributed by atoms with Gasteiger partial charge in [0, 0.05) is 5.39 Å². The zero-order valence-corrected chi connectivity index (χ0v) is 12.9. The second-order valence-corrected chi connectivity index (χ2v) is 5.52. The van der Waals surface area contributed by atoms with Crippen molar-refractivity contribution < 1.29 is 4.79 Å². The summed E-state index contributed by atoms with van der Waals surface area (Å²) in [6, 6.07) is 18.2. The Balaban J connectivity index is 1.85. The molecule has 0 heterocycles. The Morgan fingerprint density at radius 1 is 0.773 bits per heavy atom. The number of nitrogens with one attached hydrogen (secondary N) is 2. The number of hydrogen-bond donors (Lipinski definition) is 2. The molecule has 3 aromatic carbocycles. The van der Waals surface area contributed by atoms with E-state index in [0.29, 0.717) is 15.7 Å². The molecule has 0 radical (unpaired) electrons. The van der Waals surface area contributed by atoms with Gasteiger partial charge in [-0.1, -0.05) is 65.7 Å². The van der Waals surface area contributed by atoms with Gasteiger partial charge in [-0.3, -0.25) is 0 Å². The highest BCUT2D eigenvalue weighted by molar-refractivity contribution is 6.39. The summed E-state index contributed by atoms with van der Waals surface area (Å²) in [5.41, 5.74) is 1.11. The van der Waals surface area contributed by atoms with E-state index in [-0.39, 0.29) is 0 Å². The Hall–Kier alpha value is -2.23. The Bertz CT molecular complexity index is 823. The van der Waals surface area contributed by atoms with Gasteiger partial charge in [0.15, 0.2) is 0 Å². The van der Waals surface area contributed by atoms with Crippen LogP contribution in [-0.2, 0) is 0 Å². The zero-order valence-electron chi connectivity index (χ0n) is 11.4. The molecule has 3 nitrogen and oxygen atoms in total. The number of para-hydroxylation sites is 1. The normalized spacial score (nSPS) is 10.5. The minimum atomic E-state index is -0.397. The van der Waals surface area contributed by atoms with Crippen LogP contribution in [0.5, 0.6) is 0 Å². The zero-order chi connectivity index (χ0) is 15.5. The molecule has 5 heteroatoms. The van der Waals surface area contributed by atoms with E-state index in [9.17, 15) is 4.79 Å². The topological polar surface area (TPSA) is 41.1 Å². The van der Waals surface area contributed by atoms with Gasteiger partial charge in [-0.05, 0) is 23.6 Å². The van der Waals surface area contributed by atoms with Crippen LogP contribution in [0.2, 0.25) is 10.0 Å². The average molecular weight is 331 g/mol. The lowest BCUT2D eigenvalue weighted by atomic mass is 10.1. The Morgan fingerprint density at radius 2 is 1.41 bits per heavy atom. The van der Waals surface area contributed by atoms with Crippen LogP contribution in [0.1, 0.15) is 0 Å². The molecule has 0 saturated carbocycles. The van der Waals surface area contributed by atoms with Crippen molar-refractivity contribution in [3.05, 3.63) is 70.7 Å². The number of fused-ring (bicyclic) bond motifs is 1. The summed E-state index contributed by atoms with van der Waals surface area (Å²) >= 11 is 12.1. The first-order valence-corrected chi connectivity index (χ1v) is 7.40. The predicted octanol–water partition coefficient (Wildman–Crippen LogP) is 5.79. The highest BCUT2D eigenvalue weighted by atomic mass is 35.5. The second-order valence-electron chi connectivity index (χ2n) is 4.70. The van der Waals surface area contributed by atoms with Gasteiger partial charge in [-0.15, -0.1) is 0 Å². The lowest BCUT2D eigenvalue weighted by molar-refractivity contribution is 0.262. The van der Waals surface area contributed by atoms with Gasteiger partial charge in [0.2, 0.25) is 0 Å². The van der Waals surface area contributed by atoms with Crippen LogP contribution < -0.4 is 10.6 Å². The third kappa shape index (κ3) is 3.01. The van der Waals surface area contributed by atoms with Crippen molar-refractivity contribution in [1.82, 2.24) is 0 Å². The standard InChI is InChI=1S/C17H12Cl2N2O/c18-13-8-4-9-14(19)16(13)21-17(22)20-15-10-3-6-11-5-1-2-7-12(11)15/h1-10H,(H2,20,21,22). The average Bonchev–Trinajstić information content (AvgIpc) is 2.51. The number of rotatable bonds is 2. The smallest absolute Gasteiger partial charge is 0.307 e. The second kappa shape index (κ2) is 6.26. The van der Waals surface area contributed by atoms with Gasteiger partial charge in [-0.2, -0.15) is 0 Å². The quantitative estimate of drug-likeness (QED) is 0.613. The molecule has 0 fully saturated rings. The van der Waals surface area contributed by atoms with E-state index >= 15 is 0 Å². The number of carbonyl (C=O) groups excluding carboxylic acids is 1. The van der Waals surface area contributed by atoms with Crippen LogP contribution in [0.4, 0.5) is 16.2 Å². The summed E-state index contributed by atoms with van der Waals surface area (Å²) < 4.78 is 0. The number of benzene rings is 3. The number of anilines is 2. The van der Waals surface area contributed by atoms with Crippen molar-refractivity contribution in [2.75, 3.05) is 10.6 Å². The highest BCUT2D eigenvalue weighted by Gasteiger charge is 2.10. The summed E-state index contributed by atoms with van der Waals surface area (Å²) in [5.74, 6) is 0. The van der Waals surface area contributed by atoms with E-state index in [1.807, 2.05) is 42.5 Å². The maximum atomic E-state index is 12.2. The Labute approximate surface area is 137 Å². The predicted molar refractivity (Wildman–Crippen MR) is 93.1 cm³/mol. The maximum Gasteiger partial charge on any atom is 0.323 e. The fourth-order valence-corrected chi connectivity index (χ4v) is 2.71. The number of urea groups is 1. The molecule has 110 valence electrons. The molecule has 3 rings (SSSR count). The van der Waals surface area contributed by atoms with Crippen molar-refractivity contribution in [2.24, 2.45) is 0 Å². The summed E-state index contributed by atoms with van der Waals surface area (Å²) in [7, 11) is 0. The van der Waals surface area contributed by atoms with Crippen molar-refractivity contribution in [3.8, 4) is 0 Å². The lowest BCUT2D eigenvalue weighted by Gasteiger charge is -2.12. The molecule has 2 N–H and O–H groups in total. The van der Waals surface area contributed by atoms with Gasteiger partial charge in [-0.25, -0.2) is 4.79 Å². The highest BCUT2D eigenvalue weighted by Crippen LogP contribution is 2.30. The molecule has 0 spiro atoms. The molecular formula is C17H12Cl2N2O. The number of carbonyl (C=O) groups is 1. The van der Waals surface area contributed by atoms with E-state index in [1.54, 1.807) is 18.2 Å². The minimum Gasteiger partial charge on any atom is -0.307 e. The molecule has 0 bridgehead atoms. The third-order valence-corrected chi connectivity index (χ3v) is 3.87. The maximum absolute atomic E-state index is 12.2. The van der Waals surface area contributed by atoms with Gasteiger partial charge >= 0.3 is 6.03 Å². The van der Waals surface area contributed by atoms with E-state index < -0.39 is 6.03 Å². The van der Waals surface area contributed by atoms with Crippen molar-refractivity contribution in [1.29, 1.82) is 0 Å². The van der Waals surface area contributed by atoms with E-state index in [4.69, 9.17) is 23.2 Å². The van der Waals surface area contributed by atoms with Crippen LogP contribution in [0.3, 0.4) is 0 Å². The summed E-state index contributed by atoms with van der Waals surface area (Å²) in [5, 5.41) is 8.29. The Morgan fingerprint density at radius 3 is 2.18 bits per heavy atom. The summed E-state index contributed by atoms with van der Waals surface area (Å²) in [6.45, 7) is 0. The van der Waals surface area contributed by atoms with E-state index in [0.717, 1.165) is 16.5 Å². The molecular weight excluding hydrogens is 319 g/mol.